The number of pyridine rings is 1. The van der Waals surface area contributed by atoms with Gasteiger partial charge >= 0.3 is 0 Å². The lowest BCUT2D eigenvalue weighted by molar-refractivity contribution is 0.411. The van der Waals surface area contributed by atoms with Crippen molar-refractivity contribution < 1.29 is 4.42 Å². The van der Waals surface area contributed by atoms with Crippen LogP contribution in [0.15, 0.2) is 40.1 Å². The molecule has 0 amide bonds. The molecule has 1 aromatic carbocycles. The van der Waals surface area contributed by atoms with Crippen molar-refractivity contribution in [2.75, 3.05) is 19.0 Å². The van der Waals surface area contributed by atoms with Gasteiger partial charge in [-0.25, -0.2) is 4.98 Å². The minimum Gasteiger partial charge on any atom is -0.416 e. The molecule has 0 N–H and O–H groups in total. The molecule has 2 aromatic heterocycles. The molecule has 5 nitrogen and oxygen atoms in total. The molecule has 3 rings (SSSR count). The van der Waals surface area contributed by atoms with Crippen LogP contribution < -0.4 is 4.90 Å². The number of hydrogen-bond acceptors (Lipinski definition) is 6. The molecule has 2 heterocycles. The first-order valence-corrected chi connectivity index (χ1v) is 8.66. The van der Waals surface area contributed by atoms with Gasteiger partial charge in [-0.15, -0.1) is 10.2 Å². The molecule has 120 valence electrons. The number of benzene rings is 1. The van der Waals surface area contributed by atoms with Crippen molar-refractivity contribution in [2.24, 2.45) is 0 Å². The predicted octanol–water partition coefficient (Wildman–Crippen LogP) is 3.93. The molecule has 0 spiro atoms. The summed E-state index contributed by atoms with van der Waals surface area (Å²) in [6.45, 7) is 2.10. The van der Waals surface area contributed by atoms with Crippen molar-refractivity contribution in [2.45, 2.75) is 30.7 Å². The summed E-state index contributed by atoms with van der Waals surface area (Å²) >= 11 is 1.56. The van der Waals surface area contributed by atoms with Gasteiger partial charge in [0.05, 0.1) is 0 Å². The molecule has 0 aliphatic rings. The fraction of sp³-hybridized carbons (Fsp3) is 0.353. The molecule has 0 saturated heterocycles. The van der Waals surface area contributed by atoms with E-state index < -0.39 is 0 Å². The Morgan fingerprint density at radius 2 is 1.91 bits per heavy atom. The summed E-state index contributed by atoms with van der Waals surface area (Å²) in [5.74, 6) is 2.45. The minimum absolute atomic E-state index is 0.620. The van der Waals surface area contributed by atoms with Crippen molar-refractivity contribution in [3.8, 4) is 0 Å². The van der Waals surface area contributed by atoms with E-state index in [4.69, 9.17) is 4.42 Å². The summed E-state index contributed by atoms with van der Waals surface area (Å²) in [6, 6.07) is 8.35. The second-order valence-corrected chi connectivity index (χ2v) is 6.47. The van der Waals surface area contributed by atoms with Crippen LogP contribution >= 0.6 is 11.8 Å². The molecular weight excluding hydrogens is 308 g/mol. The summed E-state index contributed by atoms with van der Waals surface area (Å²) in [5, 5.41) is 11.1. The Balaban J connectivity index is 1.84. The number of anilines is 1. The zero-order chi connectivity index (χ0) is 16.2. The second-order valence-electron chi connectivity index (χ2n) is 5.55. The van der Waals surface area contributed by atoms with E-state index in [-0.39, 0.29) is 0 Å². The Morgan fingerprint density at radius 3 is 2.65 bits per heavy atom. The number of rotatable bonds is 6. The molecule has 0 unspecified atom stereocenters. The zero-order valence-corrected chi connectivity index (χ0v) is 14.4. The fourth-order valence-electron chi connectivity index (χ4n) is 2.46. The number of thioether (sulfide) groups is 1. The predicted molar refractivity (Wildman–Crippen MR) is 93.9 cm³/mol. The maximum atomic E-state index is 5.63. The third-order valence-corrected chi connectivity index (χ3v) is 4.41. The third kappa shape index (κ3) is 3.47. The molecule has 23 heavy (non-hydrogen) atoms. The Bertz CT molecular complexity index is 800. The van der Waals surface area contributed by atoms with Gasteiger partial charge in [-0.1, -0.05) is 43.0 Å². The lowest BCUT2D eigenvalue weighted by atomic mass is 10.1. The molecule has 0 bridgehead atoms. The third-order valence-electron chi connectivity index (χ3n) is 3.54. The molecule has 0 saturated carbocycles. The fourth-order valence-corrected chi connectivity index (χ4v) is 3.22. The van der Waals surface area contributed by atoms with Crippen LogP contribution in [-0.2, 0) is 12.2 Å². The van der Waals surface area contributed by atoms with Crippen molar-refractivity contribution in [1.82, 2.24) is 15.2 Å². The van der Waals surface area contributed by atoms with Crippen LogP contribution in [0.5, 0.6) is 0 Å². The molecule has 0 atom stereocenters. The van der Waals surface area contributed by atoms with E-state index in [1.165, 1.54) is 10.9 Å². The van der Waals surface area contributed by atoms with E-state index in [0.29, 0.717) is 11.1 Å². The van der Waals surface area contributed by atoms with Crippen LogP contribution in [-0.4, -0.2) is 29.3 Å². The van der Waals surface area contributed by atoms with E-state index >= 15 is 0 Å². The van der Waals surface area contributed by atoms with Gasteiger partial charge in [0, 0.05) is 37.9 Å². The van der Waals surface area contributed by atoms with Gasteiger partial charge in [0.25, 0.3) is 5.22 Å². The van der Waals surface area contributed by atoms with Crippen LogP contribution in [0, 0.1) is 0 Å². The first kappa shape index (κ1) is 15.8. The summed E-state index contributed by atoms with van der Waals surface area (Å²) in [7, 11) is 4.02. The highest BCUT2D eigenvalue weighted by molar-refractivity contribution is 7.98. The number of fused-ring (bicyclic) bond motifs is 1. The van der Waals surface area contributed by atoms with Crippen molar-refractivity contribution in [3.05, 3.63) is 41.9 Å². The number of aromatic nitrogens is 3. The maximum absolute atomic E-state index is 5.63. The lowest BCUT2D eigenvalue weighted by Crippen LogP contribution is -2.11. The van der Waals surface area contributed by atoms with E-state index in [0.717, 1.165) is 29.8 Å². The van der Waals surface area contributed by atoms with Gasteiger partial charge < -0.3 is 9.32 Å². The molecule has 6 heteroatoms. The van der Waals surface area contributed by atoms with Crippen molar-refractivity contribution in [1.29, 1.82) is 0 Å². The molecule has 0 fully saturated rings. The van der Waals surface area contributed by atoms with E-state index in [1.807, 2.05) is 31.3 Å². The van der Waals surface area contributed by atoms with Gasteiger partial charge in [-0.05, 0) is 17.4 Å². The van der Waals surface area contributed by atoms with Crippen LogP contribution in [0.2, 0.25) is 0 Å². The molecule has 0 aliphatic carbocycles. The Labute approximate surface area is 140 Å². The van der Waals surface area contributed by atoms with E-state index in [2.05, 4.69) is 40.3 Å². The first-order chi connectivity index (χ1) is 11.2. The van der Waals surface area contributed by atoms with Gasteiger partial charge in [-0.3, -0.25) is 0 Å². The monoisotopic (exact) mass is 328 g/mol. The first-order valence-electron chi connectivity index (χ1n) is 7.68. The largest absolute Gasteiger partial charge is 0.416 e. The molecule has 3 aromatic rings. The Kier molecular flexibility index (Phi) is 4.81. The Hall–Kier alpha value is -2.08. The highest BCUT2D eigenvalue weighted by Crippen LogP contribution is 2.30. The van der Waals surface area contributed by atoms with Gasteiger partial charge in [0.15, 0.2) is 0 Å². The average Bonchev–Trinajstić information content (AvgIpc) is 3.00. The number of aryl methyl sites for hydroxylation is 1. The SMILES string of the molecule is CCCc1nnc(SCc2cnc(N(C)C)c3ccccc23)o1. The highest BCUT2D eigenvalue weighted by Gasteiger charge is 2.11. The standard InChI is InChI=1S/C17H20N4OS/c1-4-7-15-19-20-17(22-15)23-11-12-10-18-16(21(2)3)14-9-6-5-8-13(12)14/h5-6,8-10H,4,7,11H2,1-3H3. The van der Waals surface area contributed by atoms with Crippen LogP contribution in [0.4, 0.5) is 5.82 Å². The lowest BCUT2D eigenvalue weighted by Gasteiger charge is -2.15. The topological polar surface area (TPSA) is 55.1 Å². The van der Waals surface area contributed by atoms with E-state index in [9.17, 15) is 0 Å². The maximum Gasteiger partial charge on any atom is 0.276 e. The summed E-state index contributed by atoms with van der Waals surface area (Å²) < 4.78 is 5.63. The van der Waals surface area contributed by atoms with E-state index in [1.54, 1.807) is 11.8 Å². The van der Waals surface area contributed by atoms with Crippen LogP contribution in [0.3, 0.4) is 0 Å². The number of hydrogen-bond donors (Lipinski definition) is 0. The van der Waals surface area contributed by atoms with Crippen LogP contribution in [0.1, 0.15) is 24.8 Å². The minimum atomic E-state index is 0.620. The smallest absolute Gasteiger partial charge is 0.276 e. The van der Waals surface area contributed by atoms with Crippen LogP contribution in [0.25, 0.3) is 10.8 Å². The second kappa shape index (κ2) is 7.00. The van der Waals surface area contributed by atoms with Crippen molar-refractivity contribution in [3.63, 3.8) is 0 Å². The summed E-state index contributed by atoms with van der Waals surface area (Å²) in [4.78, 5) is 6.64. The average molecular weight is 328 g/mol. The quantitative estimate of drug-likeness (QED) is 0.639. The van der Waals surface area contributed by atoms with Gasteiger partial charge in [0.2, 0.25) is 5.89 Å². The summed E-state index contributed by atoms with van der Waals surface area (Å²) in [5.41, 5.74) is 1.17. The molecular formula is C17H20N4OS. The Morgan fingerprint density at radius 1 is 1.13 bits per heavy atom. The molecule has 0 radical (unpaired) electrons. The molecule has 0 aliphatic heterocycles. The zero-order valence-electron chi connectivity index (χ0n) is 13.6. The number of nitrogens with zero attached hydrogens (tertiary/aromatic N) is 4. The normalized spacial score (nSPS) is 11.1. The van der Waals surface area contributed by atoms with Gasteiger partial charge in [0.1, 0.15) is 5.82 Å². The van der Waals surface area contributed by atoms with Gasteiger partial charge in [-0.2, -0.15) is 0 Å². The highest BCUT2D eigenvalue weighted by atomic mass is 32.2. The van der Waals surface area contributed by atoms with Crippen molar-refractivity contribution >= 4 is 28.4 Å². The summed E-state index contributed by atoms with van der Waals surface area (Å²) in [6.07, 6.45) is 3.77.